The van der Waals surface area contributed by atoms with E-state index in [0.717, 1.165) is 0 Å². The fourth-order valence-electron chi connectivity index (χ4n) is 1.73. The molecule has 0 N–H and O–H groups in total. The summed E-state index contributed by atoms with van der Waals surface area (Å²) < 4.78 is 29.0. The number of hydrogen-bond acceptors (Lipinski definition) is 4. The maximum Gasteiger partial charge on any atom is 0.313 e. The molecule has 0 radical (unpaired) electrons. The van der Waals surface area contributed by atoms with Gasteiger partial charge in [0.1, 0.15) is 11.5 Å². The van der Waals surface area contributed by atoms with Crippen LogP contribution in [0.25, 0.3) is 0 Å². The van der Waals surface area contributed by atoms with Crippen LogP contribution < -0.4 is 4.18 Å². The summed E-state index contributed by atoms with van der Waals surface area (Å²) in [6.45, 7) is 1.43. The van der Waals surface area contributed by atoms with Gasteiger partial charge in [-0.1, -0.05) is 29.8 Å². The molecule has 0 heterocycles. The summed E-state index contributed by atoms with van der Waals surface area (Å²) in [7, 11) is -3.81. The largest absolute Gasteiger partial charge is 0.382 e. The van der Waals surface area contributed by atoms with Gasteiger partial charge in [0.15, 0.2) is 5.78 Å². The summed E-state index contributed by atoms with van der Waals surface area (Å²) >= 11 is 5.93. The molecule has 0 unspecified atom stereocenters. The Morgan fingerprint density at radius 2 is 1.71 bits per heavy atom. The second kappa shape index (κ2) is 6.28. The van der Waals surface area contributed by atoms with Crippen molar-refractivity contribution in [2.45, 2.75) is 12.7 Å². The first-order chi connectivity index (χ1) is 9.87. The van der Waals surface area contributed by atoms with E-state index in [1.54, 1.807) is 24.3 Å². The third-order valence-electron chi connectivity index (χ3n) is 2.77. The molecule has 0 atom stereocenters. The number of rotatable bonds is 5. The molecule has 0 aromatic heterocycles. The zero-order valence-electron chi connectivity index (χ0n) is 11.2. The van der Waals surface area contributed by atoms with E-state index in [4.69, 9.17) is 15.8 Å². The summed E-state index contributed by atoms with van der Waals surface area (Å²) in [4.78, 5) is 11.1. The van der Waals surface area contributed by atoms with Crippen molar-refractivity contribution in [2.75, 3.05) is 0 Å². The first kappa shape index (κ1) is 15.5. The number of carbonyl (C=O) groups is 1. The van der Waals surface area contributed by atoms with Crippen molar-refractivity contribution in [3.8, 4) is 5.75 Å². The van der Waals surface area contributed by atoms with E-state index < -0.39 is 10.1 Å². The van der Waals surface area contributed by atoms with E-state index in [1.165, 1.54) is 31.2 Å². The number of benzene rings is 2. The molecular weight excluding hydrogens is 312 g/mol. The second-order valence-corrected chi connectivity index (χ2v) is 6.44. The van der Waals surface area contributed by atoms with E-state index in [9.17, 15) is 13.2 Å². The highest BCUT2D eigenvalue weighted by Gasteiger charge is 2.16. The minimum Gasteiger partial charge on any atom is -0.382 e. The van der Waals surface area contributed by atoms with E-state index in [2.05, 4.69) is 0 Å². The molecule has 110 valence electrons. The maximum atomic E-state index is 12.0. The van der Waals surface area contributed by atoms with Crippen LogP contribution in [0.15, 0.2) is 48.5 Å². The number of halogens is 1. The molecule has 2 rings (SSSR count). The van der Waals surface area contributed by atoms with Gasteiger partial charge in [0.25, 0.3) is 0 Å². The molecule has 4 nitrogen and oxygen atoms in total. The molecule has 2 aromatic rings. The summed E-state index contributed by atoms with van der Waals surface area (Å²) in [6, 6.07) is 12.6. The predicted molar refractivity (Wildman–Crippen MR) is 81.2 cm³/mol. The van der Waals surface area contributed by atoms with Crippen LogP contribution in [0.4, 0.5) is 0 Å². The van der Waals surface area contributed by atoms with E-state index >= 15 is 0 Å². The number of Topliss-reactive ketones (excluding diaryl/α,β-unsaturated/α-hetero) is 1. The van der Waals surface area contributed by atoms with Gasteiger partial charge in [-0.3, -0.25) is 4.79 Å². The SMILES string of the molecule is CC(=O)c1ccc(OS(=O)(=O)Cc2ccccc2Cl)cc1. The minimum atomic E-state index is -3.81. The third-order valence-corrected chi connectivity index (χ3v) is 4.25. The smallest absolute Gasteiger partial charge is 0.313 e. The van der Waals surface area contributed by atoms with Gasteiger partial charge < -0.3 is 4.18 Å². The molecule has 0 saturated heterocycles. The Kier molecular flexibility index (Phi) is 4.65. The first-order valence-electron chi connectivity index (χ1n) is 6.14. The normalized spacial score (nSPS) is 11.1. The molecule has 2 aromatic carbocycles. The van der Waals surface area contributed by atoms with Crippen molar-refractivity contribution in [3.05, 3.63) is 64.7 Å². The fraction of sp³-hybridized carbons (Fsp3) is 0.133. The average Bonchev–Trinajstić information content (AvgIpc) is 2.41. The van der Waals surface area contributed by atoms with Gasteiger partial charge >= 0.3 is 10.1 Å². The quantitative estimate of drug-likeness (QED) is 0.624. The summed E-state index contributed by atoms with van der Waals surface area (Å²) in [6.07, 6.45) is 0. The predicted octanol–water partition coefficient (Wildman–Crippen LogP) is 3.45. The van der Waals surface area contributed by atoms with Crippen LogP contribution >= 0.6 is 11.6 Å². The van der Waals surface area contributed by atoms with Crippen molar-refractivity contribution >= 4 is 27.5 Å². The highest BCUT2D eigenvalue weighted by Crippen LogP contribution is 2.21. The number of ketones is 1. The van der Waals surface area contributed by atoms with Gasteiger partial charge in [-0.2, -0.15) is 8.42 Å². The van der Waals surface area contributed by atoms with E-state index in [0.29, 0.717) is 16.1 Å². The van der Waals surface area contributed by atoms with Crippen molar-refractivity contribution in [1.82, 2.24) is 0 Å². The van der Waals surface area contributed by atoms with Gasteiger partial charge in [0.2, 0.25) is 0 Å². The van der Waals surface area contributed by atoms with Gasteiger partial charge in [-0.15, -0.1) is 0 Å². The Morgan fingerprint density at radius 1 is 1.10 bits per heavy atom. The topological polar surface area (TPSA) is 60.4 Å². The Hall–Kier alpha value is -1.85. The van der Waals surface area contributed by atoms with Crippen LogP contribution in [0.3, 0.4) is 0 Å². The summed E-state index contributed by atoms with van der Waals surface area (Å²) in [5.41, 5.74) is 0.963. The molecule has 0 fully saturated rings. The van der Waals surface area contributed by atoms with Crippen LogP contribution in [0, 0.1) is 0 Å². The Bertz CT molecular complexity index is 751. The maximum absolute atomic E-state index is 12.0. The second-order valence-electron chi connectivity index (χ2n) is 4.46. The molecule has 0 spiro atoms. The average molecular weight is 325 g/mol. The van der Waals surface area contributed by atoms with Crippen LogP contribution in [-0.2, 0) is 15.9 Å². The van der Waals surface area contributed by atoms with Crippen LogP contribution in [-0.4, -0.2) is 14.2 Å². The lowest BCUT2D eigenvalue weighted by atomic mass is 10.1. The highest BCUT2D eigenvalue weighted by atomic mass is 35.5. The van der Waals surface area contributed by atoms with Gasteiger partial charge in [-0.25, -0.2) is 0 Å². The zero-order valence-corrected chi connectivity index (χ0v) is 12.8. The molecule has 0 amide bonds. The molecule has 0 bridgehead atoms. The zero-order chi connectivity index (χ0) is 15.5. The lowest BCUT2D eigenvalue weighted by Gasteiger charge is -2.08. The third kappa shape index (κ3) is 4.31. The van der Waals surface area contributed by atoms with Gasteiger partial charge in [-0.05, 0) is 42.8 Å². The Balaban J connectivity index is 2.14. The van der Waals surface area contributed by atoms with Crippen LogP contribution in [0.5, 0.6) is 5.75 Å². The minimum absolute atomic E-state index is 0.0968. The lowest BCUT2D eigenvalue weighted by Crippen LogP contribution is -2.12. The van der Waals surface area contributed by atoms with Crippen molar-refractivity contribution < 1.29 is 17.4 Å². The molecule has 6 heteroatoms. The molecule has 21 heavy (non-hydrogen) atoms. The van der Waals surface area contributed by atoms with E-state index in [1.807, 2.05) is 0 Å². The molecule has 0 aliphatic rings. The Labute approximate surface area is 128 Å². The molecule has 0 aliphatic carbocycles. The van der Waals surface area contributed by atoms with Gasteiger partial charge in [0, 0.05) is 10.6 Å². The van der Waals surface area contributed by atoms with Crippen LogP contribution in [0.2, 0.25) is 5.02 Å². The molecular formula is C15H13ClO4S. The highest BCUT2D eigenvalue weighted by molar-refractivity contribution is 7.86. The van der Waals surface area contributed by atoms with E-state index in [-0.39, 0.29) is 17.3 Å². The van der Waals surface area contributed by atoms with Crippen molar-refractivity contribution in [1.29, 1.82) is 0 Å². The van der Waals surface area contributed by atoms with Crippen molar-refractivity contribution in [2.24, 2.45) is 0 Å². The lowest BCUT2D eigenvalue weighted by molar-refractivity contribution is 0.101. The Morgan fingerprint density at radius 3 is 2.29 bits per heavy atom. The molecule has 0 aliphatic heterocycles. The standard InChI is InChI=1S/C15H13ClO4S/c1-11(17)12-6-8-14(9-7-12)20-21(18,19)10-13-4-2-3-5-15(13)16/h2-9H,10H2,1H3. The number of hydrogen-bond donors (Lipinski definition) is 0. The number of carbonyl (C=O) groups excluding carboxylic acids is 1. The molecule has 0 saturated carbocycles. The summed E-state index contributed by atoms with van der Waals surface area (Å²) in [5, 5.41) is 0.372. The monoisotopic (exact) mass is 324 g/mol. The summed E-state index contributed by atoms with van der Waals surface area (Å²) in [5.74, 6) is -0.256. The fourth-order valence-corrected chi connectivity index (χ4v) is 3.10. The van der Waals surface area contributed by atoms with Crippen molar-refractivity contribution in [3.63, 3.8) is 0 Å². The van der Waals surface area contributed by atoms with Gasteiger partial charge in [0.05, 0.1) is 0 Å². The van der Waals surface area contributed by atoms with Crippen LogP contribution in [0.1, 0.15) is 22.8 Å². The first-order valence-corrected chi connectivity index (χ1v) is 8.09.